The number of sulfonamides is 1. The second-order valence-electron chi connectivity index (χ2n) is 5.15. The molecule has 1 aliphatic heterocycles. The Morgan fingerprint density at radius 1 is 1.39 bits per heavy atom. The lowest BCUT2D eigenvalue weighted by Crippen LogP contribution is -2.28. The number of aryl methyl sites for hydroxylation is 1. The Hall–Kier alpha value is -2.68. The van der Waals surface area contributed by atoms with Crippen molar-refractivity contribution in [2.75, 3.05) is 5.32 Å². The Morgan fingerprint density at radius 2 is 2.13 bits per heavy atom. The minimum atomic E-state index is -3.61. The van der Waals surface area contributed by atoms with Crippen LogP contribution in [-0.4, -0.2) is 36.0 Å². The minimum absolute atomic E-state index is 0.165. The summed E-state index contributed by atoms with van der Waals surface area (Å²) in [5, 5.41) is 6.63. The molecule has 2 N–H and O–H groups in total. The quantitative estimate of drug-likeness (QED) is 0.852. The highest BCUT2D eigenvalue weighted by atomic mass is 32.2. The van der Waals surface area contributed by atoms with Gasteiger partial charge in [-0.15, -0.1) is 0 Å². The van der Waals surface area contributed by atoms with Gasteiger partial charge in [-0.1, -0.05) is 12.1 Å². The van der Waals surface area contributed by atoms with Crippen molar-refractivity contribution < 1.29 is 13.2 Å². The average molecular weight is 333 g/mol. The molecule has 2 aromatic rings. The molecule has 1 amide bonds. The normalized spacial score (nSPS) is 18.3. The molecule has 1 aliphatic rings. The number of anilines is 1. The fourth-order valence-corrected chi connectivity index (χ4v) is 3.45. The molecule has 2 heterocycles. The molecule has 0 saturated heterocycles. The molecule has 8 nitrogen and oxygen atoms in total. The molecular weight excluding hydrogens is 318 g/mol. The van der Waals surface area contributed by atoms with E-state index < -0.39 is 16.1 Å². The highest BCUT2D eigenvalue weighted by Gasteiger charge is 2.31. The molecule has 0 unspecified atom stereocenters. The number of carbonyl (C=O) groups is 1. The van der Waals surface area contributed by atoms with Gasteiger partial charge in [0.15, 0.2) is 0 Å². The van der Waals surface area contributed by atoms with Crippen LogP contribution in [0.2, 0.25) is 0 Å². The minimum Gasteiger partial charge on any atom is -0.322 e. The molecule has 0 fully saturated rings. The molecule has 0 bridgehead atoms. The number of amides is 1. The molecule has 0 radical (unpaired) electrons. The summed E-state index contributed by atoms with van der Waals surface area (Å²) in [6.45, 7) is 1.59. The number of carbonyl (C=O) groups excluding carboxylic acids is 1. The number of rotatable bonds is 3. The number of fused-ring (bicyclic) bond motifs is 1. The topological polar surface area (TPSA) is 105 Å². The summed E-state index contributed by atoms with van der Waals surface area (Å²) < 4.78 is 27.9. The van der Waals surface area contributed by atoms with Crippen LogP contribution in [0, 0.1) is 0 Å². The maximum atomic E-state index is 12.2. The van der Waals surface area contributed by atoms with Crippen molar-refractivity contribution in [3.63, 3.8) is 0 Å². The molecule has 0 spiro atoms. The van der Waals surface area contributed by atoms with Gasteiger partial charge in [0, 0.05) is 18.8 Å². The van der Waals surface area contributed by atoms with Gasteiger partial charge < -0.3 is 5.32 Å². The third-order valence-corrected chi connectivity index (χ3v) is 4.73. The zero-order valence-corrected chi connectivity index (χ0v) is 13.3. The number of hydrogen-bond donors (Lipinski definition) is 2. The van der Waals surface area contributed by atoms with Crippen LogP contribution >= 0.6 is 0 Å². The van der Waals surface area contributed by atoms with E-state index in [1.807, 2.05) is 0 Å². The summed E-state index contributed by atoms with van der Waals surface area (Å²) in [5.41, 5.74) is 1.02. The highest BCUT2D eigenvalue weighted by molar-refractivity contribution is 7.90. The molecule has 0 aliphatic carbocycles. The van der Waals surface area contributed by atoms with Crippen LogP contribution < -0.4 is 10.0 Å². The largest absolute Gasteiger partial charge is 0.322 e. The van der Waals surface area contributed by atoms with Gasteiger partial charge in [0.25, 0.3) is 10.0 Å². The van der Waals surface area contributed by atoms with Gasteiger partial charge in [-0.3, -0.25) is 19.2 Å². The van der Waals surface area contributed by atoms with E-state index in [9.17, 15) is 13.2 Å². The number of aliphatic imine (C=N–C) groups is 1. The number of hydrogen-bond acceptors (Lipinski definition) is 5. The molecule has 3 rings (SSSR count). The molecule has 1 atom stereocenters. The Balaban J connectivity index is 1.83. The van der Waals surface area contributed by atoms with Crippen LogP contribution in [0.5, 0.6) is 0 Å². The molecule has 0 saturated carbocycles. The van der Waals surface area contributed by atoms with Gasteiger partial charge >= 0.3 is 0 Å². The molecule has 9 heteroatoms. The predicted octanol–water partition coefficient (Wildman–Crippen LogP) is 0.486. The Labute approximate surface area is 133 Å². The summed E-state index contributed by atoms with van der Waals surface area (Å²) >= 11 is 0. The fraction of sp³-hybridized carbons (Fsp3) is 0.214. The molecule has 23 heavy (non-hydrogen) atoms. The summed E-state index contributed by atoms with van der Waals surface area (Å²) in [4.78, 5) is 16.5. The first kappa shape index (κ1) is 15.2. The van der Waals surface area contributed by atoms with Gasteiger partial charge in [0.05, 0.1) is 16.8 Å². The Bertz CT molecular complexity index is 901. The monoisotopic (exact) mass is 333 g/mol. The van der Waals surface area contributed by atoms with Crippen molar-refractivity contribution in [3.05, 3.63) is 42.2 Å². The summed E-state index contributed by atoms with van der Waals surface area (Å²) in [6, 6.07) is 5.74. The molecule has 1 aromatic carbocycles. The second-order valence-corrected chi connectivity index (χ2v) is 6.80. The van der Waals surface area contributed by atoms with E-state index in [0.717, 1.165) is 0 Å². The van der Waals surface area contributed by atoms with E-state index in [1.54, 1.807) is 43.0 Å². The second kappa shape index (κ2) is 5.51. The van der Waals surface area contributed by atoms with Crippen molar-refractivity contribution in [2.45, 2.75) is 17.9 Å². The number of nitrogens with one attached hydrogen (secondary N) is 2. The molecule has 120 valence electrons. The van der Waals surface area contributed by atoms with Crippen molar-refractivity contribution in [1.82, 2.24) is 14.5 Å². The summed E-state index contributed by atoms with van der Waals surface area (Å²) in [7, 11) is -1.87. The third kappa shape index (κ3) is 2.95. The average Bonchev–Trinajstić information content (AvgIpc) is 3.01. The Kier molecular flexibility index (Phi) is 3.64. The standard InChI is InChI=1S/C14H15N5O3S/c1-9(14(20)17-10-7-15-19(2)8-10)16-13-11-5-3-4-6-12(11)23(21,22)18-13/h3-9H,1-2H3,(H,16,18)(H,17,20)/t9-/m0/s1. The van der Waals surface area contributed by atoms with Gasteiger partial charge in [0.1, 0.15) is 11.9 Å². The number of amidine groups is 1. The maximum Gasteiger partial charge on any atom is 0.263 e. The molecular formula is C14H15N5O3S. The zero-order chi connectivity index (χ0) is 16.6. The number of benzene rings is 1. The SMILES string of the molecule is C[C@H](N=C1NS(=O)(=O)c2ccccc21)C(=O)Nc1cnn(C)c1. The molecule has 1 aromatic heterocycles. The van der Waals surface area contributed by atoms with Crippen LogP contribution in [0.15, 0.2) is 46.5 Å². The maximum absolute atomic E-state index is 12.2. The van der Waals surface area contributed by atoms with E-state index in [2.05, 4.69) is 20.1 Å². The van der Waals surface area contributed by atoms with Gasteiger partial charge in [-0.2, -0.15) is 5.10 Å². The fourth-order valence-electron chi connectivity index (χ4n) is 2.21. The van der Waals surface area contributed by atoms with Gasteiger partial charge in [0.2, 0.25) is 5.91 Å². The highest BCUT2D eigenvalue weighted by Crippen LogP contribution is 2.22. The lowest BCUT2D eigenvalue weighted by Gasteiger charge is -2.08. The first-order chi connectivity index (χ1) is 10.9. The number of nitrogens with zero attached hydrogens (tertiary/aromatic N) is 3. The van der Waals surface area contributed by atoms with E-state index in [4.69, 9.17) is 0 Å². The van der Waals surface area contributed by atoms with Crippen LogP contribution in [0.4, 0.5) is 5.69 Å². The van der Waals surface area contributed by atoms with Crippen LogP contribution in [-0.2, 0) is 21.9 Å². The van der Waals surface area contributed by atoms with Crippen molar-refractivity contribution in [1.29, 1.82) is 0 Å². The van der Waals surface area contributed by atoms with Crippen molar-refractivity contribution in [3.8, 4) is 0 Å². The van der Waals surface area contributed by atoms with Crippen LogP contribution in [0.3, 0.4) is 0 Å². The van der Waals surface area contributed by atoms with Crippen molar-refractivity contribution >= 4 is 27.5 Å². The third-order valence-electron chi connectivity index (χ3n) is 3.34. The predicted molar refractivity (Wildman–Crippen MR) is 84.6 cm³/mol. The van der Waals surface area contributed by atoms with E-state index in [1.165, 1.54) is 12.3 Å². The first-order valence-corrected chi connectivity index (χ1v) is 8.35. The van der Waals surface area contributed by atoms with Crippen LogP contribution in [0.1, 0.15) is 12.5 Å². The van der Waals surface area contributed by atoms with E-state index in [-0.39, 0.29) is 16.6 Å². The lowest BCUT2D eigenvalue weighted by atomic mass is 10.2. The van der Waals surface area contributed by atoms with Gasteiger partial charge in [-0.25, -0.2) is 8.42 Å². The van der Waals surface area contributed by atoms with Crippen LogP contribution in [0.25, 0.3) is 0 Å². The number of aromatic nitrogens is 2. The van der Waals surface area contributed by atoms with E-state index in [0.29, 0.717) is 11.3 Å². The first-order valence-electron chi connectivity index (χ1n) is 6.86. The zero-order valence-electron chi connectivity index (χ0n) is 12.5. The van der Waals surface area contributed by atoms with Gasteiger partial charge in [-0.05, 0) is 19.1 Å². The lowest BCUT2D eigenvalue weighted by molar-refractivity contribution is -0.117. The van der Waals surface area contributed by atoms with Crippen molar-refractivity contribution in [2.24, 2.45) is 12.0 Å². The van der Waals surface area contributed by atoms with E-state index >= 15 is 0 Å². The summed E-state index contributed by atoms with van der Waals surface area (Å²) in [5.74, 6) is -0.177. The Morgan fingerprint density at radius 3 is 2.83 bits per heavy atom. The summed E-state index contributed by atoms with van der Waals surface area (Å²) in [6.07, 6.45) is 3.18. The smallest absolute Gasteiger partial charge is 0.263 e.